The Morgan fingerprint density at radius 3 is 2.42 bits per heavy atom. The van der Waals surface area contributed by atoms with E-state index in [0.717, 1.165) is 50.3 Å². The predicted molar refractivity (Wildman–Crippen MR) is 99.2 cm³/mol. The molecule has 0 spiro atoms. The van der Waals surface area contributed by atoms with Gasteiger partial charge >= 0.3 is 0 Å². The number of hydrogen-bond acceptors (Lipinski definition) is 3. The minimum atomic E-state index is 0.195. The largest absolute Gasteiger partial charge is 0.378 e. The van der Waals surface area contributed by atoms with Crippen LogP contribution in [0.15, 0.2) is 29.8 Å². The van der Waals surface area contributed by atoms with E-state index in [1.165, 1.54) is 5.69 Å². The molecule has 0 N–H and O–H groups in total. The highest BCUT2D eigenvalue weighted by Crippen LogP contribution is 2.35. The Bertz CT molecular complexity index is 597. The highest BCUT2D eigenvalue weighted by molar-refractivity contribution is 6.02. The molecule has 0 radical (unpaired) electrons. The first-order valence-corrected chi connectivity index (χ1v) is 9.25. The van der Waals surface area contributed by atoms with E-state index in [1.807, 2.05) is 0 Å². The van der Waals surface area contributed by atoms with E-state index < -0.39 is 0 Å². The van der Waals surface area contributed by atoms with Gasteiger partial charge in [-0.2, -0.15) is 0 Å². The van der Waals surface area contributed by atoms with E-state index in [9.17, 15) is 4.79 Å². The van der Waals surface area contributed by atoms with Gasteiger partial charge in [0.05, 0.1) is 13.2 Å². The number of carbonyl (C=O) groups excluding carboxylic acids is 1. The van der Waals surface area contributed by atoms with Gasteiger partial charge in [-0.25, -0.2) is 0 Å². The molecule has 0 unspecified atom stereocenters. The number of morpholine rings is 1. The predicted octanol–water partition coefficient (Wildman–Crippen LogP) is 4.18. The second-order valence-electron chi connectivity index (χ2n) is 7.48. The van der Waals surface area contributed by atoms with Gasteiger partial charge in [0.2, 0.25) is 0 Å². The fraction of sp³-hybridized carbons (Fsp3) is 0.571. The van der Waals surface area contributed by atoms with Crippen molar-refractivity contribution in [3.63, 3.8) is 0 Å². The van der Waals surface area contributed by atoms with Gasteiger partial charge in [0.1, 0.15) is 0 Å². The van der Waals surface area contributed by atoms with E-state index in [0.29, 0.717) is 17.6 Å². The summed E-state index contributed by atoms with van der Waals surface area (Å²) in [5.41, 5.74) is 3.38. The summed E-state index contributed by atoms with van der Waals surface area (Å²) in [4.78, 5) is 15.2. The van der Waals surface area contributed by atoms with Crippen LogP contribution in [0.1, 0.15) is 39.2 Å². The van der Waals surface area contributed by atoms with Crippen molar-refractivity contribution in [2.24, 2.45) is 17.8 Å². The lowest BCUT2D eigenvalue weighted by molar-refractivity contribution is -0.122. The Labute approximate surface area is 145 Å². The fourth-order valence-corrected chi connectivity index (χ4v) is 3.81. The van der Waals surface area contributed by atoms with Crippen LogP contribution in [0.4, 0.5) is 5.69 Å². The van der Waals surface area contributed by atoms with Crippen molar-refractivity contribution >= 4 is 17.5 Å². The molecule has 3 nitrogen and oxygen atoms in total. The molecule has 1 aromatic rings. The smallest absolute Gasteiger partial charge is 0.162 e. The molecule has 2 aliphatic rings. The number of ether oxygens (including phenoxy) is 1. The highest BCUT2D eigenvalue weighted by Gasteiger charge is 2.32. The molecule has 3 rings (SSSR count). The molecular weight excluding hydrogens is 298 g/mol. The van der Waals surface area contributed by atoms with Gasteiger partial charge in [-0.15, -0.1) is 0 Å². The lowest BCUT2D eigenvalue weighted by Gasteiger charge is -2.30. The lowest BCUT2D eigenvalue weighted by atomic mass is 9.73. The Kier molecular flexibility index (Phi) is 5.40. The summed E-state index contributed by atoms with van der Waals surface area (Å²) in [6.45, 7) is 10.0. The normalized spacial score (nSPS) is 27.1. The fourth-order valence-electron chi connectivity index (χ4n) is 3.81. The average molecular weight is 327 g/mol. The molecule has 2 fully saturated rings. The molecule has 1 saturated carbocycles. The summed E-state index contributed by atoms with van der Waals surface area (Å²) in [6.07, 6.45) is 4.27. The molecule has 1 aromatic carbocycles. The van der Waals surface area contributed by atoms with E-state index in [1.54, 1.807) is 0 Å². The minimum Gasteiger partial charge on any atom is -0.378 e. The van der Waals surface area contributed by atoms with Gasteiger partial charge in [0.15, 0.2) is 5.78 Å². The average Bonchev–Trinajstić information content (AvgIpc) is 2.59. The van der Waals surface area contributed by atoms with Crippen molar-refractivity contribution in [1.82, 2.24) is 0 Å². The summed E-state index contributed by atoms with van der Waals surface area (Å²) in [5.74, 6) is 1.35. The molecule has 1 aliphatic carbocycles. The quantitative estimate of drug-likeness (QED) is 0.780. The molecule has 0 aromatic heterocycles. The van der Waals surface area contributed by atoms with Gasteiger partial charge in [0.25, 0.3) is 0 Å². The number of allylic oxidation sites excluding steroid dienone is 1. The van der Waals surface area contributed by atoms with E-state index in [-0.39, 0.29) is 5.92 Å². The molecule has 0 bridgehead atoms. The molecular formula is C21H29NO2. The summed E-state index contributed by atoms with van der Waals surface area (Å²) >= 11 is 0. The SMILES string of the molecule is CC(C)[C@H]1CC[C@H](C)C(=Cc2ccc(N3CCOCC3)cc2)C1=O. The van der Waals surface area contributed by atoms with Gasteiger partial charge in [-0.3, -0.25) is 4.79 Å². The molecule has 1 aliphatic heterocycles. The van der Waals surface area contributed by atoms with Crippen LogP contribution >= 0.6 is 0 Å². The zero-order valence-electron chi connectivity index (χ0n) is 15.1. The number of benzene rings is 1. The van der Waals surface area contributed by atoms with Crippen LogP contribution in [0.2, 0.25) is 0 Å². The van der Waals surface area contributed by atoms with Crippen LogP contribution in [0, 0.1) is 17.8 Å². The molecule has 1 saturated heterocycles. The van der Waals surface area contributed by atoms with Gasteiger partial charge in [0, 0.05) is 24.7 Å². The zero-order valence-corrected chi connectivity index (χ0v) is 15.1. The van der Waals surface area contributed by atoms with E-state index in [2.05, 4.69) is 56.0 Å². The molecule has 1 heterocycles. The Hall–Kier alpha value is -1.61. The van der Waals surface area contributed by atoms with Crippen LogP contribution in [0.25, 0.3) is 6.08 Å². The Balaban J connectivity index is 1.77. The number of carbonyl (C=O) groups is 1. The third-order valence-corrected chi connectivity index (χ3v) is 5.46. The second-order valence-corrected chi connectivity index (χ2v) is 7.48. The maximum absolute atomic E-state index is 12.8. The maximum Gasteiger partial charge on any atom is 0.162 e. The number of ketones is 1. The summed E-state index contributed by atoms with van der Waals surface area (Å²) in [5, 5.41) is 0. The summed E-state index contributed by atoms with van der Waals surface area (Å²) < 4.78 is 5.41. The first-order chi connectivity index (χ1) is 11.6. The number of nitrogens with zero attached hydrogens (tertiary/aromatic N) is 1. The van der Waals surface area contributed by atoms with Crippen LogP contribution < -0.4 is 4.90 Å². The van der Waals surface area contributed by atoms with Gasteiger partial charge < -0.3 is 9.64 Å². The van der Waals surface area contributed by atoms with Crippen LogP contribution in [-0.4, -0.2) is 32.1 Å². The zero-order chi connectivity index (χ0) is 17.1. The second kappa shape index (κ2) is 7.52. The van der Waals surface area contributed by atoms with Crippen molar-refractivity contribution < 1.29 is 9.53 Å². The minimum absolute atomic E-state index is 0.195. The topological polar surface area (TPSA) is 29.5 Å². The number of anilines is 1. The van der Waals surface area contributed by atoms with Crippen molar-refractivity contribution in [3.05, 3.63) is 35.4 Å². The summed E-state index contributed by atoms with van der Waals surface area (Å²) in [6, 6.07) is 8.60. The van der Waals surface area contributed by atoms with Crippen LogP contribution in [0.5, 0.6) is 0 Å². The third-order valence-electron chi connectivity index (χ3n) is 5.46. The first kappa shape index (κ1) is 17.2. The standard InChI is InChI=1S/C21H29NO2/c1-15(2)19-9-4-16(3)20(21(19)23)14-17-5-7-18(8-6-17)22-10-12-24-13-11-22/h5-8,14-16,19H,4,9-13H2,1-3H3/t16-,19+/m0/s1. The molecule has 2 atom stereocenters. The van der Waals surface area contributed by atoms with Crippen molar-refractivity contribution in [1.29, 1.82) is 0 Å². The first-order valence-electron chi connectivity index (χ1n) is 9.25. The molecule has 0 amide bonds. The van der Waals surface area contributed by atoms with Crippen molar-refractivity contribution in [2.75, 3.05) is 31.2 Å². The lowest BCUT2D eigenvalue weighted by Crippen LogP contribution is -2.36. The monoisotopic (exact) mass is 327 g/mol. The number of Topliss-reactive ketones (excluding diaryl/α,β-unsaturated/α-hetero) is 1. The van der Waals surface area contributed by atoms with E-state index >= 15 is 0 Å². The van der Waals surface area contributed by atoms with Crippen LogP contribution in [0.3, 0.4) is 0 Å². The number of rotatable bonds is 3. The highest BCUT2D eigenvalue weighted by atomic mass is 16.5. The van der Waals surface area contributed by atoms with Crippen molar-refractivity contribution in [2.45, 2.75) is 33.6 Å². The van der Waals surface area contributed by atoms with E-state index in [4.69, 9.17) is 4.74 Å². The Morgan fingerprint density at radius 2 is 1.79 bits per heavy atom. The molecule has 24 heavy (non-hydrogen) atoms. The molecule has 130 valence electrons. The maximum atomic E-state index is 12.8. The summed E-state index contributed by atoms with van der Waals surface area (Å²) in [7, 11) is 0. The molecule has 3 heteroatoms. The van der Waals surface area contributed by atoms with Gasteiger partial charge in [-0.1, -0.05) is 32.9 Å². The third kappa shape index (κ3) is 3.72. The van der Waals surface area contributed by atoms with Crippen LogP contribution in [-0.2, 0) is 9.53 Å². The Morgan fingerprint density at radius 1 is 1.12 bits per heavy atom. The van der Waals surface area contributed by atoms with Gasteiger partial charge in [-0.05, 0) is 54.0 Å². The number of hydrogen-bond donors (Lipinski definition) is 0. The van der Waals surface area contributed by atoms with Crippen molar-refractivity contribution in [3.8, 4) is 0 Å².